The summed E-state index contributed by atoms with van der Waals surface area (Å²) in [6.45, 7) is 2.40. The molecule has 20 heavy (non-hydrogen) atoms. The third-order valence-corrected chi connectivity index (χ3v) is 3.76. The molecule has 1 aliphatic heterocycles. The van der Waals surface area contributed by atoms with E-state index in [0.29, 0.717) is 6.61 Å². The van der Waals surface area contributed by atoms with Gasteiger partial charge < -0.3 is 9.72 Å². The van der Waals surface area contributed by atoms with E-state index in [2.05, 4.69) is 9.97 Å². The van der Waals surface area contributed by atoms with Crippen molar-refractivity contribution in [3.05, 3.63) is 58.3 Å². The molecule has 0 saturated heterocycles. The summed E-state index contributed by atoms with van der Waals surface area (Å²) < 4.78 is 7.64. The highest BCUT2D eigenvalue weighted by Crippen LogP contribution is 2.35. The number of pyridine rings is 1. The molecule has 0 fully saturated rings. The van der Waals surface area contributed by atoms with Crippen molar-refractivity contribution in [1.29, 1.82) is 0 Å². The van der Waals surface area contributed by atoms with E-state index in [1.54, 1.807) is 10.8 Å². The van der Waals surface area contributed by atoms with Gasteiger partial charge >= 0.3 is 5.69 Å². The van der Waals surface area contributed by atoms with Crippen LogP contribution in [0.3, 0.4) is 0 Å². The van der Waals surface area contributed by atoms with Crippen LogP contribution in [0.25, 0.3) is 11.0 Å². The minimum Gasteiger partial charge on any atom is -0.488 e. The SMILES string of the molecule is Cc1ccc2[nH]c(=O)n3c2c1OCC3c1ccccn1. The third-order valence-electron chi connectivity index (χ3n) is 3.76. The van der Waals surface area contributed by atoms with Gasteiger partial charge in [-0.3, -0.25) is 9.55 Å². The van der Waals surface area contributed by atoms with E-state index in [-0.39, 0.29) is 11.7 Å². The van der Waals surface area contributed by atoms with E-state index >= 15 is 0 Å². The van der Waals surface area contributed by atoms with Gasteiger partial charge in [0.15, 0.2) is 0 Å². The van der Waals surface area contributed by atoms with Crippen LogP contribution in [0.2, 0.25) is 0 Å². The van der Waals surface area contributed by atoms with Crippen LogP contribution >= 0.6 is 0 Å². The number of nitrogens with one attached hydrogen (secondary N) is 1. The molecule has 100 valence electrons. The Morgan fingerprint density at radius 1 is 1.35 bits per heavy atom. The van der Waals surface area contributed by atoms with Crippen molar-refractivity contribution in [2.75, 3.05) is 6.61 Å². The number of hydrogen-bond donors (Lipinski definition) is 1. The second-order valence-corrected chi connectivity index (χ2v) is 4.99. The Labute approximate surface area is 114 Å². The monoisotopic (exact) mass is 267 g/mol. The predicted octanol–water partition coefficient (Wildman–Crippen LogP) is 2.01. The molecule has 2 aromatic heterocycles. The molecule has 3 aromatic rings. The van der Waals surface area contributed by atoms with Crippen LogP contribution in [0.4, 0.5) is 0 Å². The molecule has 0 amide bonds. The van der Waals surface area contributed by atoms with Crippen molar-refractivity contribution in [2.45, 2.75) is 13.0 Å². The lowest BCUT2D eigenvalue weighted by Crippen LogP contribution is -2.31. The predicted molar refractivity (Wildman–Crippen MR) is 75.2 cm³/mol. The van der Waals surface area contributed by atoms with Gasteiger partial charge in [0.25, 0.3) is 0 Å². The first-order valence-electron chi connectivity index (χ1n) is 6.53. The van der Waals surface area contributed by atoms with Crippen molar-refractivity contribution in [3.8, 4) is 5.75 Å². The maximum atomic E-state index is 12.3. The topological polar surface area (TPSA) is 59.9 Å². The van der Waals surface area contributed by atoms with E-state index in [1.807, 2.05) is 37.3 Å². The summed E-state index contributed by atoms with van der Waals surface area (Å²) in [7, 11) is 0. The zero-order valence-corrected chi connectivity index (χ0v) is 11.0. The van der Waals surface area contributed by atoms with Crippen LogP contribution in [-0.2, 0) is 0 Å². The summed E-state index contributed by atoms with van der Waals surface area (Å²) >= 11 is 0. The first-order chi connectivity index (χ1) is 9.75. The fraction of sp³-hybridized carbons (Fsp3) is 0.200. The summed E-state index contributed by atoms with van der Waals surface area (Å²) in [6, 6.07) is 9.38. The number of benzene rings is 1. The van der Waals surface area contributed by atoms with Gasteiger partial charge in [0.05, 0.1) is 11.2 Å². The highest BCUT2D eigenvalue weighted by molar-refractivity contribution is 5.84. The van der Waals surface area contributed by atoms with Crippen molar-refractivity contribution in [3.63, 3.8) is 0 Å². The molecule has 5 heteroatoms. The number of hydrogen-bond acceptors (Lipinski definition) is 3. The molecule has 1 N–H and O–H groups in total. The average Bonchev–Trinajstić information content (AvgIpc) is 2.82. The number of aromatic amines is 1. The van der Waals surface area contributed by atoms with E-state index < -0.39 is 0 Å². The molecule has 3 heterocycles. The van der Waals surface area contributed by atoms with E-state index in [1.165, 1.54) is 0 Å². The number of aryl methyl sites for hydroxylation is 1. The Hall–Kier alpha value is -2.56. The molecule has 0 spiro atoms. The van der Waals surface area contributed by atoms with E-state index in [0.717, 1.165) is 28.0 Å². The van der Waals surface area contributed by atoms with Crippen molar-refractivity contribution in [1.82, 2.24) is 14.5 Å². The molecular formula is C15H13N3O2. The van der Waals surface area contributed by atoms with Crippen molar-refractivity contribution in [2.24, 2.45) is 0 Å². The van der Waals surface area contributed by atoms with Crippen LogP contribution in [-0.4, -0.2) is 21.1 Å². The molecule has 5 nitrogen and oxygen atoms in total. The Morgan fingerprint density at radius 3 is 3.05 bits per heavy atom. The molecule has 0 saturated carbocycles. The largest absolute Gasteiger partial charge is 0.488 e. The van der Waals surface area contributed by atoms with Crippen LogP contribution in [0.15, 0.2) is 41.3 Å². The van der Waals surface area contributed by atoms with Gasteiger partial charge in [-0.15, -0.1) is 0 Å². The lowest BCUT2D eigenvalue weighted by Gasteiger charge is -2.25. The highest BCUT2D eigenvalue weighted by atomic mass is 16.5. The number of H-pyrrole nitrogens is 1. The van der Waals surface area contributed by atoms with Gasteiger partial charge in [0, 0.05) is 6.20 Å². The minimum absolute atomic E-state index is 0.120. The molecule has 1 atom stereocenters. The third kappa shape index (κ3) is 1.43. The Morgan fingerprint density at radius 2 is 2.25 bits per heavy atom. The van der Waals surface area contributed by atoms with Gasteiger partial charge in [-0.2, -0.15) is 0 Å². The van der Waals surface area contributed by atoms with Gasteiger partial charge in [-0.1, -0.05) is 12.1 Å². The zero-order valence-electron chi connectivity index (χ0n) is 11.0. The summed E-state index contributed by atoms with van der Waals surface area (Å²) in [5.41, 5.74) is 3.38. The Bertz CT molecular complexity index is 849. The molecule has 1 aliphatic rings. The average molecular weight is 267 g/mol. The van der Waals surface area contributed by atoms with Gasteiger partial charge in [-0.25, -0.2) is 4.79 Å². The first kappa shape index (κ1) is 11.3. The van der Waals surface area contributed by atoms with Crippen LogP contribution < -0.4 is 10.4 Å². The van der Waals surface area contributed by atoms with E-state index in [9.17, 15) is 4.79 Å². The summed E-state index contributed by atoms with van der Waals surface area (Å²) in [5, 5.41) is 0. The maximum absolute atomic E-state index is 12.3. The fourth-order valence-electron chi connectivity index (χ4n) is 2.80. The standard InChI is InChI=1S/C15H13N3O2/c1-9-5-6-11-13-14(9)20-8-12(18(13)15(19)17-11)10-4-2-3-7-16-10/h2-7,12H,8H2,1H3,(H,17,19). The molecule has 4 rings (SSSR count). The lowest BCUT2D eigenvalue weighted by molar-refractivity contribution is 0.252. The second kappa shape index (κ2) is 3.96. The number of rotatable bonds is 1. The number of aromatic nitrogens is 3. The fourth-order valence-corrected chi connectivity index (χ4v) is 2.80. The van der Waals surface area contributed by atoms with Crippen LogP contribution in [0.1, 0.15) is 17.3 Å². The molecule has 1 aromatic carbocycles. The molecule has 0 radical (unpaired) electrons. The second-order valence-electron chi connectivity index (χ2n) is 4.99. The first-order valence-corrected chi connectivity index (χ1v) is 6.53. The molecule has 0 aliphatic carbocycles. The molecule has 0 bridgehead atoms. The normalized spacial score (nSPS) is 17.1. The van der Waals surface area contributed by atoms with Gasteiger partial charge in [0.2, 0.25) is 0 Å². The van der Waals surface area contributed by atoms with E-state index in [4.69, 9.17) is 4.74 Å². The van der Waals surface area contributed by atoms with Crippen molar-refractivity contribution >= 4 is 11.0 Å². The number of ether oxygens (including phenoxy) is 1. The van der Waals surface area contributed by atoms with Gasteiger partial charge in [0.1, 0.15) is 23.9 Å². The highest BCUT2D eigenvalue weighted by Gasteiger charge is 2.28. The van der Waals surface area contributed by atoms with Gasteiger partial charge in [-0.05, 0) is 30.7 Å². The number of nitrogens with zero attached hydrogens (tertiary/aromatic N) is 2. The summed E-state index contributed by atoms with van der Waals surface area (Å²) in [5.74, 6) is 0.785. The summed E-state index contributed by atoms with van der Waals surface area (Å²) in [4.78, 5) is 19.5. The van der Waals surface area contributed by atoms with Crippen LogP contribution in [0.5, 0.6) is 5.75 Å². The number of imidazole rings is 1. The van der Waals surface area contributed by atoms with Crippen LogP contribution in [0, 0.1) is 6.92 Å². The Kier molecular flexibility index (Phi) is 2.24. The van der Waals surface area contributed by atoms with Crippen molar-refractivity contribution < 1.29 is 4.74 Å². The molecular weight excluding hydrogens is 254 g/mol. The molecule has 1 unspecified atom stereocenters. The lowest BCUT2D eigenvalue weighted by atomic mass is 10.1. The smallest absolute Gasteiger partial charge is 0.327 e. The summed E-state index contributed by atoms with van der Waals surface area (Å²) in [6.07, 6.45) is 1.73. The quantitative estimate of drug-likeness (QED) is 0.733. The minimum atomic E-state index is -0.188. The zero-order chi connectivity index (χ0) is 13.7. The Balaban J connectivity index is 2.04. The maximum Gasteiger partial charge on any atom is 0.327 e.